The van der Waals surface area contributed by atoms with Crippen molar-refractivity contribution in [3.8, 4) is 0 Å². The molecule has 36 heavy (non-hydrogen) atoms. The molecule has 1 aliphatic carbocycles. The molecule has 1 aromatic carbocycles. The minimum Gasteiger partial charge on any atom is -0.478 e. The van der Waals surface area contributed by atoms with Crippen LogP contribution in [-0.4, -0.2) is 37.7 Å². The highest BCUT2D eigenvalue weighted by Gasteiger charge is 2.66. The molecule has 5 N–H and O–H groups in total. The Morgan fingerprint density at radius 2 is 1.97 bits per heavy atom. The lowest BCUT2D eigenvalue weighted by Crippen LogP contribution is -2.42. The normalized spacial score (nSPS) is 18.9. The number of nitrogens with two attached hydrogens (primary N) is 1. The van der Waals surface area contributed by atoms with Crippen molar-refractivity contribution in [1.29, 1.82) is 0 Å². The van der Waals surface area contributed by atoms with Crippen LogP contribution in [0.4, 0.5) is 24.5 Å². The second-order valence-electron chi connectivity index (χ2n) is 8.10. The van der Waals surface area contributed by atoms with Gasteiger partial charge in [-0.15, -0.1) is 0 Å². The Hall–Kier alpha value is -4.13. The number of carboxylic acid groups (broad SMARTS) is 1. The highest BCUT2D eigenvalue weighted by atomic mass is 35.5. The van der Waals surface area contributed by atoms with Crippen molar-refractivity contribution in [3.63, 3.8) is 0 Å². The Bertz CT molecular complexity index is 1340. The number of carbonyl (C=O) groups is 3. The van der Waals surface area contributed by atoms with Crippen molar-refractivity contribution in [2.75, 3.05) is 5.32 Å². The third-order valence-corrected chi connectivity index (χ3v) is 5.99. The maximum absolute atomic E-state index is 13.3. The molecule has 0 aliphatic heterocycles. The van der Waals surface area contributed by atoms with Gasteiger partial charge in [-0.1, -0.05) is 11.6 Å². The first-order valence-corrected chi connectivity index (χ1v) is 10.7. The lowest BCUT2D eigenvalue weighted by molar-refractivity contribution is -0.137. The zero-order valence-electron chi connectivity index (χ0n) is 18.2. The first-order chi connectivity index (χ1) is 16.9. The Labute approximate surface area is 206 Å². The highest BCUT2D eigenvalue weighted by molar-refractivity contribution is 6.30. The first kappa shape index (κ1) is 25.0. The van der Waals surface area contributed by atoms with E-state index in [1.807, 2.05) is 0 Å². The molecule has 0 saturated heterocycles. The summed E-state index contributed by atoms with van der Waals surface area (Å²) in [6.45, 7) is -0.0882. The molecule has 188 valence electrons. The molecule has 2 heterocycles. The van der Waals surface area contributed by atoms with Crippen LogP contribution in [0.3, 0.4) is 0 Å². The van der Waals surface area contributed by atoms with Gasteiger partial charge in [0.2, 0.25) is 11.8 Å². The number of nitrogens with one attached hydrogen (secondary N) is 2. The predicted octanol–water partition coefficient (Wildman–Crippen LogP) is 3.13. The van der Waals surface area contributed by atoms with E-state index in [4.69, 9.17) is 22.4 Å². The van der Waals surface area contributed by atoms with E-state index >= 15 is 0 Å². The molecule has 2 atom stereocenters. The molecule has 4 rings (SSSR count). The maximum Gasteiger partial charge on any atom is 0.418 e. The minimum atomic E-state index is -4.62. The van der Waals surface area contributed by atoms with Crippen LogP contribution in [0.5, 0.6) is 0 Å². The number of benzene rings is 1. The van der Waals surface area contributed by atoms with Gasteiger partial charge in [-0.25, -0.2) is 4.79 Å². The van der Waals surface area contributed by atoms with E-state index in [1.54, 1.807) is 0 Å². The molecular formula is C22H18ClF3N6O4. The molecule has 1 fully saturated rings. The van der Waals surface area contributed by atoms with E-state index in [0.717, 1.165) is 12.3 Å². The van der Waals surface area contributed by atoms with E-state index < -0.39 is 41.0 Å². The summed E-state index contributed by atoms with van der Waals surface area (Å²) in [6.07, 6.45) is -0.965. The molecule has 2 aromatic heterocycles. The summed E-state index contributed by atoms with van der Waals surface area (Å²) in [5.41, 5.74) is 3.27. The van der Waals surface area contributed by atoms with Crippen LogP contribution in [0.1, 0.15) is 34.1 Å². The van der Waals surface area contributed by atoms with Crippen molar-refractivity contribution < 1.29 is 32.7 Å². The van der Waals surface area contributed by atoms with Crippen molar-refractivity contribution in [3.05, 3.63) is 70.8 Å². The molecule has 1 saturated carbocycles. The third kappa shape index (κ3) is 4.82. The van der Waals surface area contributed by atoms with Gasteiger partial charge in [0.25, 0.3) is 0 Å². The molecule has 0 bridgehead atoms. The summed E-state index contributed by atoms with van der Waals surface area (Å²) in [5, 5.41) is 18.1. The average Bonchev–Trinajstić information content (AvgIpc) is 3.39. The fraction of sp³-hybridized carbons (Fsp3) is 0.227. The highest BCUT2D eigenvalue weighted by Crippen LogP contribution is 2.56. The van der Waals surface area contributed by atoms with E-state index in [-0.39, 0.29) is 34.9 Å². The zero-order valence-corrected chi connectivity index (χ0v) is 19.0. The van der Waals surface area contributed by atoms with Gasteiger partial charge < -0.3 is 21.5 Å². The summed E-state index contributed by atoms with van der Waals surface area (Å²) in [4.78, 5) is 40.1. The summed E-state index contributed by atoms with van der Waals surface area (Å²) >= 11 is 5.69. The van der Waals surface area contributed by atoms with Crippen LogP contribution in [0, 0.1) is 5.41 Å². The molecule has 10 nitrogen and oxygen atoms in total. The number of anilines is 2. The number of rotatable bonds is 8. The van der Waals surface area contributed by atoms with Crippen LogP contribution in [0.2, 0.25) is 5.02 Å². The Morgan fingerprint density at radius 1 is 1.22 bits per heavy atom. The van der Waals surface area contributed by atoms with Crippen LogP contribution < -0.4 is 16.4 Å². The van der Waals surface area contributed by atoms with E-state index in [0.29, 0.717) is 5.69 Å². The second-order valence-corrected chi connectivity index (χ2v) is 8.54. The second kappa shape index (κ2) is 9.15. The standard InChI is InChI=1S/C22H18ClF3N6O4/c23-12-1-4-16(15(5-12)22(24,25)26)31-14-3-2-13(28-9-14)8-29-20(36)21(19(27)35)6-17(21)32-10-11(7-30-32)18(33)34/h1-5,7,9-10,17,31H,6,8H2,(H2,27,35)(H,29,36)(H,33,34). The number of hydrogen-bond acceptors (Lipinski definition) is 6. The van der Waals surface area contributed by atoms with E-state index in [9.17, 15) is 27.6 Å². The fourth-order valence-corrected chi connectivity index (χ4v) is 3.92. The minimum absolute atomic E-state index is 0.0494. The number of aromatic carboxylic acids is 1. The molecule has 0 spiro atoms. The van der Waals surface area contributed by atoms with Gasteiger partial charge >= 0.3 is 12.1 Å². The van der Waals surface area contributed by atoms with Crippen molar-refractivity contribution >= 4 is 40.8 Å². The van der Waals surface area contributed by atoms with Crippen molar-refractivity contribution in [1.82, 2.24) is 20.1 Å². The zero-order chi connectivity index (χ0) is 26.3. The number of aromatic nitrogens is 3. The number of carboxylic acids is 1. The SMILES string of the molecule is NC(=O)C1(C(=O)NCc2ccc(Nc3ccc(Cl)cc3C(F)(F)F)cn2)CC1n1cc(C(=O)O)cn1. The van der Waals surface area contributed by atoms with Gasteiger partial charge in [-0.3, -0.25) is 19.3 Å². The monoisotopic (exact) mass is 522 g/mol. The predicted molar refractivity (Wildman–Crippen MR) is 120 cm³/mol. The third-order valence-electron chi connectivity index (χ3n) is 5.76. The van der Waals surface area contributed by atoms with Crippen LogP contribution in [-0.2, 0) is 22.3 Å². The number of primary amides is 1. The van der Waals surface area contributed by atoms with Gasteiger partial charge in [-0.2, -0.15) is 18.3 Å². The lowest BCUT2D eigenvalue weighted by atomic mass is 10.0. The average molecular weight is 523 g/mol. The van der Waals surface area contributed by atoms with E-state index in [2.05, 4.69) is 20.7 Å². The first-order valence-electron chi connectivity index (χ1n) is 10.4. The summed E-state index contributed by atoms with van der Waals surface area (Å²) in [7, 11) is 0. The summed E-state index contributed by atoms with van der Waals surface area (Å²) in [6, 6.07) is 5.57. The molecule has 14 heteroatoms. The number of halogens is 4. The number of nitrogens with zero attached hydrogens (tertiary/aromatic N) is 3. The summed E-state index contributed by atoms with van der Waals surface area (Å²) in [5.74, 6) is -2.76. The number of alkyl halides is 3. The number of hydrogen-bond donors (Lipinski definition) is 4. The molecule has 0 radical (unpaired) electrons. The van der Waals surface area contributed by atoms with Gasteiger partial charge in [0.1, 0.15) is 0 Å². The van der Waals surface area contributed by atoms with Gasteiger partial charge in [0, 0.05) is 11.2 Å². The van der Waals surface area contributed by atoms with Gasteiger partial charge in [-0.05, 0) is 36.8 Å². The fourth-order valence-electron chi connectivity index (χ4n) is 3.75. The van der Waals surface area contributed by atoms with Crippen LogP contribution >= 0.6 is 11.6 Å². The molecule has 1 aliphatic rings. The Balaban J connectivity index is 1.41. The van der Waals surface area contributed by atoms with Crippen molar-refractivity contribution in [2.24, 2.45) is 11.1 Å². The maximum atomic E-state index is 13.3. The largest absolute Gasteiger partial charge is 0.478 e. The Morgan fingerprint density at radius 3 is 2.56 bits per heavy atom. The van der Waals surface area contributed by atoms with Gasteiger partial charge in [0.15, 0.2) is 5.41 Å². The molecule has 2 amide bonds. The van der Waals surface area contributed by atoms with E-state index in [1.165, 1.54) is 41.3 Å². The summed E-state index contributed by atoms with van der Waals surface area (Å²) < 4.78 is 41.1. The molecule has 2 unspecified atom stereocenters. The van der Waals surface area contributed by atoms with Crippen LogP contribution in [0.25, 0.3) is 0 Å². The number of pyridine rings is 1. The number of amides is 2. The van der Waals surface area contributed by atoms with Gasteiger partial charge in [0.05, 0.1) is 53.2 Å². The topological polar surface area (TPSA) is 152 Å². The molecular weight excluding hydrogens is 505 g/mol. The number of carbonyl (C=O) groups excluding carboxylic acids is 2. The quantitative estimate of drug-likeness (QED) is 0.332. The Kier molecular flexibility index (Phi) is 6.35. The lowest BCUT2D eigenvalue weighted by Gasteiger charge is -2.15. The van der Waals surface area contributed by atoms with Crippen LogP contribution in [0.15, 0.2) is 48.9 Å². The smallest absolute Gasteiger partial charge is 0.418 e. The molecule has 3 aromatic rings. The van der Waals surface area contributed by atoms with Crippen molar-refractivity contribution in [2.45, 2.75) is 25.2 Å².